The van der Waals surface area contributed by atoms with Crippen LogP contribution in [0.25, 0.3) is 0 Å². The fourth-order valence-electron chi connectivity index (χ4n) is 1.23. The van der Waals surface area contributed by atoms with E-state index in [9.17, 15) is 0 Å². The van der Waals surface area contributed by atoms with Crippen LogP contribution in [0.4, 0.5) is 0 Å². The first-order valence-corrected chi connectivity index (χ1v) is 6.26. The van der Waals surface area contributed by atoms with Crippen LogP contribution in [0.1, 0.15) is 25.7 Å². The first-order chi connectivity index (χ1) is 8.41. The summed E-state index contributed by atoms with van der Waals surface area (Å²) in [5.74, 6) is 0. The Hall–Kier alpha value is -0.200. The molecule has 0 radical (unpaired) electrons. The Bertz CT molecular complexity index is 122. The summed E-state index contributed by atoms with van der Waals surface area (Å²) in [6.07, 6.45) is 4.17. The van der Waals surface area contributed by atoms with Crippen LogP contribution in [0.2, 0.25) is 0 Å². The zero-order valence-corrected chi connectivity index (χ0v) is 11.2. The third-order valence-electron chi connectivity index (χ3n) is 2.18. The molecule has 0 unspecified atom stereocenters. The highest BCUT2D eigenvalue weighted by molar-refractivity contribution is 4.38. The van der Waals surface area contributed by atoms with Gasteiger partial charge in [0.2, 0.25) is 0 Å². The predicted octanol–water partition coefficient (Wildman–Crippen LogP) is 1.38. The molecule has 0 aromatic heterocycles. The second-order valence-electron chi connectivity index (χ2n) is 3.75. The zero-order chi connectivity index (χ0) is 12.6. The Morgan fingerprint density at radius 3 is 1.47 bits per heavy atom. The molecule has 104 valence electrons. The van der Waals surface area contributed by atoms with Crippen molar-refractivity contribution in [1.82, 2.24) is 5.32 Å². The van der Waals surface area contributed by atoms with Gasteiger partial charge in [-0.1, -0.05) is 0 Å². The lowest BCUT2D eigenvalue weighted by molar-refractivity contribution is 0.0529. The number of hydrogen-bond donors (Lipinski definition) is 1. The van der Waals surface area contributed by atoms with Gasteiger partial charge in [-0.25, -0.2) is 0 Å². The minimum absolute atomic E-state index is 0.547. The fourth-order valence-corrected chi connectivity index (χ4v) is 1.23. The van der Waals surface area contributed by atoms with E-state index in [0.717, 1.165) is 52.1 Å². The van der Waals surface area contributed by atoms with Gasteiger partial charge in [-0.2, -0.15) is 0 Å². The van der Waals surface area contributed by atoms with E-state index < -0.39 is 0 Å². The molecule has 17 heavy (non-hydrogen) atoms. The standard InChI is InChI=1S/C12H27NO4/c1-14-7-3-5-9-16-11-13-12-17-10-6-4-8-15-2/h13H,3-12H2,1-2H3. The maximum atomic E-state index is 5.36. The molecule has 1 N–H and O–H groups in total. The van der Waals surface area contributed by atoms with Crippen LogP contribution in [0.15, 0.2) is 0 Å². The Balaban J connectivity index is 2.85. The molecular formula is C12H27NO4. The fraction of sp³-hybridized carbons (Fsp3) is 1.00. The number of rotatable bonds is 14. The van der Waals surface area contributed by atoms with Crippen LogP contribution in [-0.2, 0) is 18.9 Å². The summed E-state index contributed by atoms with van der Waals surface area (Å²) in [7, 11) is 3.43. The van der Waals surface area contributed by atoms with Crippen LogP contribution >= 0.6 is 0 Å². The lowest BCUT2D eigenvalue weighted by Crippen LogP contribution is -2.22. The van der Waals surface area contributed by atoms with Crippen LogP contribution < -0.4 is 5.32 Å². The van der Waals surface area contributed by atoms with Crippen molar-refractivity contribution in [2.24, 2.45) is 0 Å². The van der Waals surface area contributed by atoms with E-state index in [2.05, 4.69) is 5.32 Å². The summed E-state index contributed by atoms with van der Waals surface area (Å²) in [6, 6.07) is 0. The highest BCUT2D eigenvalue weighted by atomic mass is 16.5. The molecule has 0 saturated carbocycles. The van der Waals surface area contributed by atoms with Gasteiger partial charge in [0.1, 0.15) is 0 Å². The molecule has 0 aromatic carbocycles. The third-order valence-corrected chi connectivity index (χ3v) is 2.18. The smallest absolute Gasteiger partial charge is 0.0982 e. The predicted molar refractivity (Wildman–Crippen MR) is 67.0 cm³/mol. The summed E-state index contributed by atoms with van der Waals surface area (Å²) in [4.78, 5) is 0. The molecule has 0 atom stereocenters. The van der Waals surface area contributed by atoms with E-state index in [0.29, 0.717) is 13.5 Å². The van der Waals surface area contributed by atoms with Crippen molar-refractivity contribution < 1.29 is 18.9 Å². The van der Waals surface area contributed by atoms with E-state index in [1.54, 1.807) is 14.2 Å². The summed E-state index contributed by atoms with van der Waals surface area (Å²) in [5.41, 5.74) is 0. The zero-order valence-electron chi connectivity index (χ0n) is 11.2. The minimum atomic E-state index is 0.547. The molecule has 5 heteroatoms. The Morgan fingerprint density at radius 1 is 0.647 bits per heavy atom. The normalized spacial score (nSPS) is 10.9. The highest BCUT2D eigenvalue weighted by Crippen LogP contribution is 1.90. The second-order valence-corrected chi connectivity index (χ2v) is 3.75. The van der Waals surface area contributed by atoms with Crippen molar-refractivity contribution in [3.05, 3.63) is 0 Å². The number of hydrogen-bond acceptors (Lipinski definition) is 5. The Labute approximate surface area is 105 Å². The molecule has 5 nitrogen and oxygen atoms in total. The molecular weight excluding hydrogens is 222 g/mol. The van der Waals surface area contributed by atoms with E-state index in [-0.39, 0.29) is 0 Å². The van der Waals surface area contributed by atoms with Crippen molar-refractivity contribution in [2.45, 2.75) is 25.7 Å². The van der Waals surface area contributed by atoms with E-state index >= 15 is 0 Å². The van der Waals surface area contributed by atoms with Crippen molar-refractivity contribution in [3.8, 4) is 0 Å². The van der Waals surface area contributed by atoms with E-state index in [1.165, 1.54) is 0 Å². The number of nitrogens with one attached hydrogen (secondary N) is 1. The molecule has 0 fully saturated rings. The quantitative estimate of drug-likeness (QED) is 0.372. The monoisotopic (exact) mass is 249 g/mol. The van der Waals surface area contributed by atoms with Gasteiger partial charge in [0.25, 0.3) is 0 Å². The summed E-state index contributed by atoms with van der Waals surface area (Å²) < 4.78 is 20.6. The summed E-state index contributed by atoms with van der Waals surface area (Å²) in [6.45, 7) is 4.24. The third kappa shape index (κ3) is 15.8. The van der Waals surface area contributed by atoms with Gasteiger partial charge in [0.05, 0.1) is 13.5 Å². The maximum absolute atomic E-state index is 5.36. The second kappa shape index (κ2) is 15.8. The van der Waals surface area contributed by atoms with Gasteiger partial charge in [0, 0.05) is 40.6 Å². The van der Waals surface area contributed by atoms with Crippen LogP contribution in [0, 0.1) is 0 Å². The van der Waals surface area contributed by atoms with Gasteiger partial charge in [-0.05, 0) is 25.7 Å². The number of ether oxygens (including phenoxy) is 4. The van der Waals surface area contributed by atoms with Gasteiger partial charge < -0.3 is 18.9 Å². The Kier molecular flexibility index (Phi) is 15.6. The molecule has 0 aliphatic heterocycles. The van der Waals surface area contributed by atoms with Gasteiger partial charge >= 0.3 is 0 Å². The SMILES string of the molecule is COCCCCOCNCOCCCCOC. The van der Waals surface area contributed by atoms with Gasteiger partial charge in [0.15, 0.2) is 0 Å². The number of methoxy groups -OCH3 is 2. The Morgan fingerprint density at radius 2 is 1.06 bits per heavy atom. The molecule has 0 bridgehead atoms. The number of unbranched alkanes of at least 4 members (excludes halogenated alkanes) is 2. The molecule has 0 amide bonds. The molecule has 0 aliphatic rings. The van der Waals surface area contributed by atoms with Crippen LogP contribution in [-0.4, -0.2) is 54.1 Å². The average molecular weight is 249 g/mol. The lowest BCUT2D eigenvalue weighted by atomic mass is 10.3. The largest absolute Gasteiger partial charge is 0.385 e. The van der Waals surface area contributed by atoms with Crippen molar-refractivity contribution in [2.75, 3.05) is 54.1 Å². The summed E-state index contributed by atoms with van der Waals surface area (Å²) >= 11 is 0. The lowest BCUT2D eigenvalue weighted by Gasteiger charge is -2.07. The van der Waals surface area contributed by atoms with Gasteiger partial charge in [-0.3, -0.25) is 5.32 Å². The first kappa shape index (κ1) is 16.8. The van der Waals surface area contributed by atoms with Crippen molar-refractivity contribution >= 4 is 0 Å². The molecule has 0 aliphatic carbocycles. The minimum Gasteiger partial charge on any atom is -0.385 e. The summed E-state index contributed by atoms with van der Waals surface area (Å²) in [5, 5.41) is 3.06. The first-order valence-electron chi connectivity index (χ1n) is 6.26. The molecule has 0 spiro atoms. The highest BCUT2D eigenvalue weighted by Gasteiger charge is 1.91. The molecule has 0 rings (SSSR count). The molecule has 0 saturated heterocycles. The van der Waals surface area contributed by atoms with Crippen molar-refractivity contribution in [3.63, 3.8) is 0 Å². The topological polar surface area (TPSA) is 49.0 Å². The van der Waals surface area contributed by atoms with E-state index in [1.807, 2.05) is 0 Å². The average Bonchev–Trinajstić information content (AvgIpc) is 2.35. The van der Waals surface area contributed by atoms with Crippen molar-refractivity contribution in [1.29, 1.82) is 0 Å². The maximum Gasteiger partial charge on any atom is 0.0982 e. The molecule has 0 aromatic rings. The van der Waals surface area contributed by atoms with Crippen LogP contribution in [0.5, 0.6) is 0 Å². The van der Waals surface area contributed by atoms with Crippen LogP contribution in [0.3, 0.4) is 0 Å². The van der Waals surface area contributed by atoms with Gasteiger partial charge in [-0.15, -0.1) is 0 Å². The van der Waals surface area contributed by atoms with E-state index in [4.69, 9.17) is 18.9 Å². The molecule has 0 heterocycles.